The second kappa shape index (κ2) is 5.25. The van der Waals surface area contributed by atoms with Crippen LogP contribution in [-0.2, 0) is 9.59 Å². The van der Waals surface area contributed by atoms with Gasteiger partial charge in [-0.25, -0.2) is 13.2 Å². The van der Waals surface area contributed by atoms with Crippen LogP contribution in [-0.4, -0.2) is 23.8 Å². The average molecular weight is 326 g/mol. The molecule has 1 aromatic carbocycles. The largest absolute Gasteiger partial charge is 0.368 e. The highest BCUT2D eigenvalue weighted by molar-refractivity contribution is 6.06. The highest BCUT2D eigenvalue weighted by Gasteiger charge is 2.57. The number of nitrogens with two attached hydrogens (primary N) is 1. The van der Waals surface area contributed by atoms with Crippen LogP contribution in [0.1, 0.15) is 32.1 Å². The van der Waals surface area contributed by atoms with Crippen LogP contribution in [0.2, 0.25) is 0 Å². The van der Waals surface area contributed by atoms with Gasteiger partial charge in [0.25, 0.3) is 0 Å². The maximum Gasteiger partial charge on any atom is 0.248 e. The standard InChI is InChI=1S/C16H17F3N2O2/c17-10-1-3-11(4-2-10)21-12(13(20)22)9-15(14(21)23)5-7-16(18,19)8-6-15/h1-4,12H,5-9H2,(H2,20,22). The van der Waals surface area contributed by atoms with Crippen LogP contribution >= 0.6 is 0 Å². The molecule has 2 amide bonds. The molecule has 0 radical (unpaired) electrons. The van der Waals surface area contributed by atoms with E-state index < -0.39 is 29.1 Å². The monoisotopic (exact) mass is 326 g/mol. The molecule has 0 aromatic heterocycles. The third-order valence-corrected chi connectivity index (χ3v) is 4.94. The van der Waals surface area contributed by atoms with Crippen molar-refractivity contribution in [3.05, 3.63) is 30.1 Å². The molecular weight excluding hydrogens is 309 g/mol. The Kier molecular flexibility index (Phi) is 3.61. The Morgan fingerprint density at radius 3 is 2.22 bits per heavy atom. The number of hydrogen-bond acceptors (Lipinski definition) is 2. The number of anilines is 1. The number of hydrogen-bond donors (Lipinski definition) is 1. The Morgan fingerprint density at radius 2 is 1.70 bits per heavy atom. The summed E-state index contributed by atoms with van der Waals surface area (Å²) in [6.07, 6.45) is -0.557. The summed E-state index contributed by atoms with van der Waals surface area (Å²) in [5.74, 6) is -4.29. The lowest BCUT2D eigenvalue weighted by molar-refractivity contribution is -0.132. The van der Waals surface area contributed by atoms with Gasteiger partial charge < -0.3 is 5.73 Å². The number of benzene rings is 1. The highest BCUT2D eigenvalue weighted by Crippen LogP contribution is 2.51. The summed E-state index contributed by atoms with van der Waals surface area (Å²) < 4.78 is 39.9. The molecule has 23 heavy (non-hydrogen) atoms. The molecule has 2 aliphatic rings. The van der Waals surface area contributed by atoms with Crippen LogP contribution in [0.15, 0.2) is 24.3 Å². The van der Waals surface area contributed by atoms with Crippen LogP contribution in [0.5, 0.6) is 0 Å². The molecule has 1 spiro atoms. The highest BCUT2D eigenvalue weighted by atomic mass is 19.3. The van der Waals surface area contributed by atoms with Gasteiger partial charge in [-0.1, -0.05) is 0 Å². The molecule has 2 fully saturated rings. The van der Waals surface area contributed by atoms with Crippen molar-refractivity contribution in [2.75, 3.05) is 4.90 Å². The minimum absolute atomic E-state index is 0.0281. The van der Waals surface area contributed by atoms with Crippen molar-refractivity contribution in [2.45, 2.75) is 44.1 Å². The smallest absolute Gasteiger partial charge is 0.248 e. The third-order valence-electron chi connectivity index (χ3n) is 4.94. The van der Waals surface area contributed by atoms with Crippen molar-refractivity contribution in [2.24, 2.45) is 11.1 Å². The molecule has 1 aromatic rings. The normalized spacial score (nSPS) is 25.8. The predicted octanol–water partition coefficient (Wildman–Crippen LogP) is 2.61. The van der Waals surface area contributed by atoms with Gasteiger partial charge >= 0.3 is 0 Å². The number of carbonyl (C=O) groups is 2. The third kappa shape index (κ3) is 2.68. The van der Waals surface area contributed by atoms with Crippen molar-refractivity contribution >= 4 is 17.5 Å². The van der Waals surface area contributed by atoms with E-state index in [4.69, 9.17) is 5.73 Å². The fourth-order valence-corrected chi connectivity index (χ4v) is 3.58. The lowest BCUT2D eigenvalue weighted by Crippen LogP contribution is -2.43. The molecule has 2 N–H and O–H groups in total. The summed E-state index contributed by atoms with van der Waals surface area (Å²) in [5.41, 5.74) is 4.79. The van der Waals surface area contributed by atoms with E-state index in [1.807, 2.05) is 0 Å². The summed E-state index contributed by atoms with van der Waals surface area (Å²) >= 11 is 0. The second-order valence-corrected chi connectivity index (χ2v) is 6.41. The van der Waals surface area contributed by atoms with Crippen LogP contribution in [0.3, 0.4) is 0 Å². The minimum atomic E-state index is -2.77. The van der Waals surface area contributed by atoms with Crippen LogP contribution in [0, 0.1) is 11.2 Å². The van der Waals surface area contributed by atoms with Gasteiger partial charge in [-0.05, 0) is 43.5 Å². The first-order valence-corrected chi connectivity index (χ1v) is 7.51. The SMILES string of the molecule is NC(=O)C1CC2(CCC(F)(F)CC2)C(=O)N1c1ccc(F)cc1. The van der Waals surface area contributed by atoms with Crippen molar-refractivity contribution < 1.29 is 22.8 Å². The van der Waals surface area contributed by atoms with Gasteiger partial charge in [0.15, 0.2) is 0 Å². The molecule has 1 saturated carbocycles. The number of nitrogens with zero attached hydrogens (tertiary/aromatic N) is 1. The van der Waals surface area contributed by atoms with E-state index in [0.29, 0.717) is 5.69 Å². The summed E-state index contributed by atoms with van der Waals surface area (Å²) in [4.78, 5) is 25.9. The van der Waals surface area contributed by atoms with E-state index in [1.165, 1.54) is 29.2 Å². The molecule has 1 unspecified atom stereocenters. The maximum absolute atomic E-state index is 13.4. The van der Waals surface area contributed by atoms with Crippen molar-refractivity contribution in [1.29, 1.82) is 0 Å². The van der Waals surface area contributed by atoms with E-state index in [2.05, 4.69) is 0 Å². The van der Waals surface area contributed by atoms with Gasteiger partial charge in [-0.3, -0.25) is 14.5 Å². The molecule has 3 rings (SSSR count). The Hall–Kier alpha value is -2.05. The first kappa shape index (κ1) is 15.8. The Bertz CT molecular complexity index is 635. The zero-order valence-corrected chi connectivity index (χ0v) is 12.4. The van der Waals surface area contributed by atoms with Gasteiger partial charge in [0.05, 0.1) is 5.41 Å². The second-order valence-electron chi connectivity index (χ2n) is 6.41. The number of halogens is 3. The predicted molar refractivity (Wildman–Crippen MR) is 77.3 cm³/mol. The first-order chi connectivity index (χ1) is 10.7. The molecule has 1 aliphatic carbocycles. The zero-order chi connectivity index (χ0) is 16.8. The quantitative estimate of drug-likeness (QED) is 0.908. The zero-order valence-electron chi connectivity index (χ0n) is 12.4. The molecule has 7 heteroatoms. The number of carbonyl (C=O) groups excluding carboxylic acids is 2. The Balaban J connectivity index is 1.94. The van der Waals surface area contributed by atoms with Gasteiger partial charge in [0.2, 0.25) is 17.7 Å². The van der Waals surface area contributed by atoms with Crippen LogP contribution < -0.4 is 10.6 Å². The number of rotatable bonds is 2. The minimum Gasteiger partial charge on any atom is -0.368 e. The summed E-state index contributed by atoms with van der Waals surface area (Å²) in [7, 11) is 0. The molecule has 1 atom stereocenters. The Labute approximate surface area is 131 Å². The molecule has 0 bridgehead atoms. The fourth-order valence-electron chi connectivity index (χ4n) is 3.58. The van der Waals surface area contributed by atoms with Crippen LogP contribution in [0.4, 0.5) is 18.9 Å². The number of alkyl halides is 2. The average Bonchev–Trinajstić information content (AvgIpc) is 2.78. The van der Waals surface area contributed by atoms with E-state index in [9.17, 15) is 22.8 Å². The van der Waals surface area contributed by atoms with Crippen molar-refractivity contribution in [1.82, 2.24) is 0 Å². The van der Waals surface area contributed by atoms with Gasteiger partial charge in [0, 0.05) is 18.5 Å². The lowest BCUT2D eigenvalue weighted by atomic mass is 9.71. The summed E-state index contributed by atoms with van der Waals surface area (Å²) in [5, 5.41) is 0. The molecule has 1 saturated heterocycles. The topological polar surface area (TPSA) is 63.4 Å². The molecule has 1 heterocycles. The van der Waals surface area contributed by atoms with Gasteiger partial charge in [-0.15, -0.1) is 0 Å². The molecular formula is C16H17F3N2O2. The number of amides is 2. The fraction of sp³-hybridized carbons (Fsp3) is 0.500. The van der Waals surface area contributed by atoms with Crippen molar-refractivity contribution in [3.8, 4) is 0 Å². The first-order valence-electron chi connectivity index (χ1n) is 7.51. The van der Waals surface area contributed by atoms with Crippen LogP contribution in [0.25, 0.3) is 0 Å². The molecule has 1 aliphatic heterocycles. The van der Waals surface area contributed by atoms with E-state index in [1.54, 1.807) is 0 Å². The van der Waals surface area contributed by atoms with Gasteiger partial charge in [0.1, 0.15) is 11.9 Å². The lowest BCUT2D eigenvalue weighted by Gasteiger charge is -2.35. The molecule has 124 valence electrons. The van der Waals surface area contributed by atoms with E-state index >= 15 is 0 Å². The van der Waals surface area contributed by atoms with Gasteiger partial charge in [-0.2, -0.15) is 0 Å². The van der Waals surface area contributed by atoms with Crippen molar-refractivity contribution in [3.63, 3.8) is 0 Å². The maximum atomic E-state index is 13.4. The summed E-state index contributed by atoms with van der Waals surface area (Å²) in [6, 6.07) is 4.25. The van der Waals surface area contributed by atoms with E-state index in [-0.39, 0.29) is 38.0 Å². The Morgan fingerprint density at radius 1 is 1.13 bits per heavy atom. The molecule has 4 nitrogen and oxygen atoms in total. The number of primary amides is 1. The summed E-state index contributed by atoms with van der Waals surface area (Å²) in [6.45, 7) is 0. The van der Waals surface area contributed by atoms with E-state index in [0.717, 1.165) is 0 Å².